The van der Waals surface area contributed by atoms with Crippen molar-refractivity contribution in [3.8, 4) is 0 Å². The number of carbonyl (C=O) groups excluding carboxylic acids is 1. The van der Waals surface area contributed by atoms with Crippen molar-refractivity contribution in [3.63, 3.8) is 0 Å². The summed E-state index contributed by atoms with van der Waals surface area (Å²) in [6.45, 7) is 8.40. The zero-order valence-corrected chi connectivity index (χ0v) is 13.5. The maximum Gasteiger partial charge on any atom is 0.410 e. The van der Waals surface area contributed by atoms with Gasteiger partial charge in [-0.15, -0.1) is 0 Å². The molecule has 0 saturated carbocycles. The first-order valence-corrected chi connectivity index (χ1v) is 7.51. The van der Waals surface area contributed by atoms with Crippen LogP contribution in [-0.4, -0.2) is 40.9 Å². The molecule has 1 rings (SSSR count). The minimum Gasteiger partial charge on any atom is -0.444 e. The van der Waals surface area contributed by atoms with E-state index in [2.05, 4.69) is 0 Å². The Morgan fingerprint density at radius 3 is 2.43 bits per heavy atom. The molecule has 0 aliphatic carbocycles. The van der Waals surface area contributed by atoms with Crippen molar-refractivity contribution in [1.82, 2.24) is 4.90 Å². The summed E-state index contributed by atoms with van der Waals surface area (Å²) in [5.74, 6) is 0. The van der Waals surface area contributed by atoms with Crippen LogP contribution >= 0.6 is 0 Å². The van der Waals surface area contributed by atoms with Crippen LogP contribution in [0, 0.1) is 0 Å². The normalized spacial score (nSPS) is 12.8. The first-order valence-electron chi connectivity index (χ1n) is 7.51. The molecule has 0 spiro atoms. The minimum absolute atomic E-state index is 0.289. The third-order valence-electron chi connectivity index (χ3n) is 2.89. The van der Waals surface area contributed by atoms with Crippen LogP contribution in [0.25, 0.3) is 0 Å². The van der Waals surface area contributed by atoms with Crippen LogP contribution in [0.5, 0.6) is 0 Å². The Kier molecular flexibility index (Phi) is 6.69. The van der Waals surface area contributed by atoms with Gasteiger partial charge >= 0.3 is 6.09 Å². The predicted molar refractivity (Wildman–Crippen MR) is 84.3 cm³/mol. The molecule has 1 N–H and O–H groups in total. The van der Waals surface area contributed by atoms with Gasteiger partial charge in [0, 0.05) is 13.0 Å². The molecule has 118 valence electrons. The molecule has 0 radical (unpaired) electrons. The molecular formula is C17H27NO3. The van der Waals surface area contributed by atoms with Gasteiger partial charge in [0.25, 0.3) is 0 Å². The van der Waals surface area contributed by atoms with Crippen molar-refractivity contribution in [2.75, 3.05) is 13.1 Å². The van der Waals surface area contributed by atoms with Crippen LogP contribution in [0.2, 0.25) is 0 Å². The minimum atomic E-state index is -0.591. The van der Waals surface area contributed by atoms with Gasteiger partial charge in [0.2, 0.25) is 0 Å². The summed E-state index contributed by atoms with van der Waals surface area (Å²) in [5, 5.41) is 10.2. The van der Waals surface area contributed by atoms with Gasteiger partial charge in [0.05, 0.1) is 12.6 Å². The Bertz CT molecular complexity index is 425. The number of aliphatic hydroxyl groups is 1. The van der Waals surface area contributed by atoms with Gasteiger partial charge < -0.3 is 14.7 Å². The van der Waals surface area contributed by atoms with Crippen LogP contribution in [0.15, 0.2) is 30.3 Å². The Hall–Kier alpha value is -1.55. The van der Waals surface area contributed by atoms with Crippen molar-refractivity contribution in [2.24, 2.45) is 0 Å². The zero-order chi connectivity index (χ0) is 15.9. The summed E-state index contributed by atoms with van der Waals surface area (Å²) >= 11 is 0. The van der Waals surface area contributed by atoms with Gasteiger partial charge in [-0.05, 0) is 32.8 Å². The average Bonchev–Trinajstić information content (AvgIpc) is 2.37. The van der Waals surface area contributed by atoms with E-state index in [1.165, 1.54) is 0 Å². The average molecular weight is 293 g/mol. The second kappa shape index (κ2) is 8.03. The fourth-order valence-corrected chi connectivity index (χ4v) is 2.06. The van der Waals surface area contributed by atoms with Crippen molar-refractivity contribution in [2.45, 2.75) is 52.2 Å². The largest absolute Gasteiger partial charge is 0.444 e. The van der Waals surface area contributed by atoms with Gasteiger partial charge in [-0.2, -0.15) is 0 Å². The molecule has 0 aliphatic rings. The number of aliphatic hydroxyl groups excluding tert-OH is 1. The molecule has 0 bridgehead atoms. The molecule has 1 unspecified atom stereocenters. The van der Waals surface area contributed by atoms with Crippen molar-refractivity contribution in [1.29, 1.82) is 0 Å². The number of amides is 1. The van der Waals surface area contributed by atoms with Gasteiger partial charge in [-0.25, -0.2) is 4.79 Å². The lowest BCUT2D eigenvalue weighted by molar-refractivity contribution is 0.0147. The molecule has 21 heavy (non-hydrogen) atoms. The molecule has 0 aromatic heterocycles. The van der Waals surface area contributed by atoms with E-state index in [1.54, 1.807) is 4.90 Å². The summed E-state index contributed by atoms with van der Waals surface area (Å²) in [6.07, 6.45) is 0.407. The van der Waals surface area contributed by atoms with E-state index in [0.717, 1.165) is 12.0 Å². The Morgan fingerprint density at radius 2 is 1.90 bits per heavy atom. The maximum absolute atomic E-state index is 12.1. The number of ether oxygens (including phenoxy) is 1. The van der Waals surface area contributed by atoms with Crippen LogP contribution in [-0.2, 0) is 11.2 Å². The second-order valence-electron chi connectivity index (χ2n) is 6.27. The molecule has 1 amide bonds. The van der Waals surface area contributed by atoms with Crippen LogP contribution < -0.4 is 0 Å². The first kappa shape index (κ1) is 17.5. The Balaban J connectivity index is 2.58. The Morgan fingerprint density at radius 1 is 1.29 bits per heavy atom. The highest BCUT2D eigenvalue weighted by Crippen LogP contribution is 2.12. The lowest BCUT2D eigenvalue weighted by atomic mass is 10.1. The summed E-state index contributed by atoms with van der Waals surface area (Å²) in [4.78, 5) is 13.7. The number of carbonyl (C=O) groups is 1. The fraction of sp³-hybridized carbons (Fsp3) is 0.588. The third-order valence-corrected chi connectivity index (χ3v) is 2.89. The number of hydrogen-bond donors (Lipinski definition) is 1. The van der Waals surface area contributed by atoms with Crippen LogP contribution in [0.4, 0.5) is 4.79 Å². The molecule has 1 aromatic rings. The van der Waals surface area contributed by atoms with Crippen LogP contribution in [0.3, 0.4) is 0 Å². The number of benzene rings is 1. The molecular weight excluding hydrogens is 266 g/mol. The van der Waals surface area contributed by atoms with Crippen molar-refractivity contribution in [3.05, 3.63) is 35.9 Å². The first-order chi connectivity index (χ1) is 9.81. The Labute approximate surface area is 127 Å². The van der Waals surface area contributed by atoms with Gasteiger partial charge in [-0.1, -0.05) is 37.3 Å². The van der Waals surface area contributed by atoms with Gasteiger partial charge in [-0.3, -0.25) is 0 Å². The van der Waals surface area contributed by atoms with Crippen molar-refractivity contribution < 1.29 is 14.6 Å². The van der Waals surface area contributed by atoms with E-state index in [-0.39, 0.29) is 12.6 Å². The highest BCUT2D eigenvalue weighted by molar-refractivity contribution is 5.68. The molecule has 0 aliphatic heterocycles. The van der Waals surface area contributed by atoms with Crippen LogP contribution in [0.1, 0.15) is 39.7 Å². The van der Waals surface area contributed by atoms with E-state index in [0.29, 0.717) is 13.0 Å². The number of rotatable bonds is 6. The zero-order valence-electron chi connectivity index (χ0n) is 13.5. The number of nitrogens with zero attached hydrogens (tertiary/aromatic N) is 1. The smallest absolute Gasteiger partial charge is 0.410 e. The fourth-order valence-electron chi connectivity index (χ4n) is 2.06. The van der Waals surface area contributed by atoms with Gasteiger partial charge in [0.1, 0.15) is 5.60 Å². The molecule has 4 heteroatoms. The topological polar surface area (TPSA) is 49.8 Å². The lowest BCUT2D eigenvalue weighted by Gasteiger charge is -2.28. The van der Waals surface area contributed by atoms with E-state index in [9.17, 15) is 9.90 Å². The summed E-state index contributed by atoms with van der Waals surface area (Å²) < 4.78 is 5.38. The SMILES string of the molecule is CCCN(CC(O)Cc1ccccc1)C(=O)OC(C)(C)C. The van der Waals surface area contributed by atoms with E-state index in [4.69, 9.17) is 4.74 Å². The molecule has 0 saturated heterocycles. The lowest BCUT2D eigenvalue weighted by Crippen LogP contribution is -2.42. The molecule has 4 nitrogen and oxygen atoms in total. The molecule has 0 fully saturated rings. The second-order valence-corrected chi connectivity index (χ2v) is 6.27. The molecule has 1 aromatic carbocycles. The number of hydrogen-bond acceptors (Lipinski definition) is 3. The van der Waals surface area contributed by atoms with Crippen molar-refractivity contribution >= 4 is 6.09 Å². The van der Waals surface area contributed by atoms with E-state index >= 15 is 0 Å². The quantitative estimate of drug-likeness (QED) is 0.876. The van der Waals surface area contributed by atoms with E-state index < -0.39 is 11.7 Å². The molecule has 0 heterocycles. The summed E-state index contributed by atoms with van der Waals surface area (Å²) in [7, 11) is 0. The highest BCUT2D eigenvalue weighted by atomic mass is 16.6. The predicted octanol–water partition coefficient (Wildman–Crippen LogP) is 3.24. The van der Waals surface area contributed by atoms with Gasteiger partial charge in [0.15, 0.2) is 0 Å². The third kappa shape index (κ3) is 7.14. The standard InChI is InChI=1S/C17H27NO3/c1-5-11-18(16(20)21-17(2,3)4)13-15(19)12-14-9-7-6-8-10-14/h6-10,15,19H,5,11-13H2,1-4H3. The summed E-state index contributed by atoms with van der Waals surface area (Å²) in [6, 6.07) is 9.78. The monoisotopic (exact) mass is 293 g/mol. The highest BCUT2D eigenvalue weighted by Gasteiger charge is 2.23. The molecule has 1 atom stereocenters. The summed E-state index contributed by atoms with van der Waals surface area (Å²) in [5.41, 5.74) is 0.540. The maximum atomic E-state index is 12.1. The van der Waals surface area contributed by atoms with E-state index in [1.807, 2.05) is 58.0 Å².